The Morgan fingerprint density at radius 1 is 0.700 bits per heavy atom. The Kier molecular flexibility index (Phi) is 137. The quantitative estimate of drug-likeness (QED) is 0.387. The van der Waals surface area contributed by atoms with Crippen molar-refractivity contribution >= 4 is 0 Å². The first kappa shape index (κ1) is 51.8. The van der Waals surface area contributed by atoms with Crippen molar-refractivity contribution < 1.29 is 0 Å². The van der Waals surface area contributed by atoms with Gasteiger partial charge in [-0.15, -0.1) is 19.7 Å². The second-order valence-electron chi connectivity index (χ2n) is 6.27. The summed E-state index contributed by atoms with van der Waals surface area (Å²) in [5.41, 5.74) is 1.17. The topological polar surface area (TPSA) is 0 Å². The van der Waals surface area contributed by atoms with Gasteiger partial charge in [-0.05, 0) is 25.7 Å². The molecule has 0 aliphatic heterocycles. The Morgan fingerprint density at radius 3 is 1.03 bits per heavy atom. The predicted octanol–water partition coefficient (Wildman–Crippen LogP) is 12.9. The summed E-state index contributed by atoms with van der Waals surface area (Å²) >= 11 is 0. The van der Waals surface area contributed by atoms with Crippen LogP contribution in [0.25, 0.3) is 0 Å². The van der Waals surface area contributed by atoms with Gasteiger partial charge >= 0.3 is 0 Å². The average Bonchev–Trinajstić information content (AvgIpc) is 2.74. The van der Waals surface area contributed by atoms with Crippen LogP contribution in [0.4, 0.5) is 0 Å². The lowest BCUT2D eigenvalue weighted by molar-refractivity contribution is 0.189. The number of hydrogen-bond donors (Lipinski definition) is 0. The monoisotopic (exact) mass is 433 g/mol. The highest BCUT2D eigenvalue weighted by molar-refractivity contribution is 4.79. The van der Waals surface area contributed by atoms with Crippen LogP contribution >= 0.6 is 0 Å². The van der Waals surface area contributed by atoms with Gasteiger partial charge in [-0.2, -0.15) is 0 Å². The van der Waals surface area contributed by atoms with E-state index in [4.69, 9.17) is 0 Å². The minimum atomic E-state index is 1.07. The Hall–Kier alpha value is -0.520. The largest absolute Gasteiger partial charge is 0.106 e. The third-order valence-electron chi connectivity index (χ3n) is 3.00. The molecule has 0 aromatic rings. The zero-order chi connectivity index (χ0) is 26.4. The van der Waals surface area contributed by atoms with E-state index in [9.17, 15) is 0 Å². The number of rotatable bonds is 4. The zero-order valence-corrected chi connectivity index (χ0v) is 25.4. The lowest BCUT2D eigenvalue weighted by atomic mass is 9.73. The molecule has 0 heterocycles. The minimum Gasteiger partial charge on any atom is -0.106 e. The molecule has 1 unspecified atom stereocenters. The first-order chi connectivity index (χ1) is 14.4. The fourth-order valence-corrected chi connectivity index (χ4v) is 2.06. The summed E-state index contributed by atoms with van der Waals surface area (Å²) in [6.07, 6.45) is 11.3. The van der Waals surface area contributed by atoms with Crippen molar-refractivity contribution in [3.63, 3.8) is 0 Å². The maximum Gasteiger partial charge on any atom is -0.0386 e. The van der Waals surface area contributed by atoms with Crippen LogP contribution in [0.3, 0.4) is 0 Å². The standard InChI is InChI=1S/C10H20.C4H8.2C3H8.4C2H6.C2H4/c1-3-6-9(4-2)10-7-5-8-10;1-4(2)3;2*1-3-2;5*1-2/h9-10H,3-8H2,1-2H3;1H2,2-3H3;2*3H2,1-2H3;4*1-2H3;1-2H2. The van der Waals surface area contributed by atoms with Crippen molar-refractivity contribution in [3.05, 3.63) is 25.3 Å². The third kappa shape index (κ3) is 91.9. The van der Waals surface area contributed by atoms with Gasteiger partial charge in [-0.25, -0.2) is 0 Å². The maximum atomic E-state index is 3.56. The van der Waals surface area contributed by atoms with Gasteiger partial charge in [-0.1, -0.05) is 154 Å². The molecule has 0 nitrogen and oxygen atoms in total. The van der Waals surface area contributed by atoms with E-state index in [1.165, 1.54) is 56.9 Å². The summed E-state index contributed by atoms with van der Waals surface area (Å²) < 4.78 is 0. The van der Waals surface area contributed by atoms with E-state index >= 15 is 0 Å². The SMILES string of the molecule is C=C.C=C(C)C.CC.CC.CC.CC.CCC.CCC.CCCC(CC)C1CCC1. The third-order valence-corrected chi connectivity index (χ3v) is 3.00. The molecule has 1 aliphatic rings. The van der Waals surface area contributed by atoms with E-state index < -0.39 is 0 Å². The first-order valence-corrected chi connectivity index (χ1v) is 13.6. The van der Waals surface area contributed by atoms with Crippen LogP contribution in [-0.2, 0) is 0 Å². The van der Waals surface area contributed by atoms with Crippen molar-refractivity contribution in [1.82, 2.24) is 0 Å². The lowest BCUT2D eigenvalue weighted by Crippen LogP contribution is -2.21. The van der Waals surface area contributed by atoms with Crippen molar-refractivity contribution in [3.8, 4) is 0 Å². The fraction of sp³-hybridized carbons (Fsp3) is 0.867. The van der Waals surface area contributed by atoms with Gasteiger partial charge in [0.15, 0.2) is 0 Å². The predicted molar refractivity (Wildman–Crippen MR) is 155 cm³/mol. The smallest absolute Gasteiger partial charge is 0.0386 e. The van der Waals surface area contributed by atoms with Crippen LogP contribution in [0.2, 0.25) is 0 Å². The molecular formula is C30H72. The van der Waals surface area contributed by atoms with E-state index in [2.05, 4.69) is 61.3 Å². The van der Waals surface area contributed by atoms with Crippen LogP contribution in [0.15, 0.2) is 25.3 Å². The van der Waals surface area contributed by atoms with E-state index in [1.807, 2.05) is 69.2 Å². The summed E-state index contributed by atoms with van der Waals surface area (Å²) in [5, 5.41) is 0. The molecule has 0 amide bonds. The van der Waals surface area contributed by atoms with Crippen molar-refractivity contribution in [2.24, 2.45) is 11.8 Å². The zero-order valence-electron chi connectivity index (χ0n) is 25.4. The van der Waals surface area contributed by atoms with Gasteiger partial charge in [0.2, 0.25) is 0 Å². The Balaban J connectivity index is -0.0000000345. The summed E-state index contributed by atoms with van der Waals surface area (Å²) in [5.74, 6) is 2.18. The molecule has 30 heavy (non-hydrogen) atoms. The highest BCUT2D eigenvalue weighted by atomic mass is 14.3. The molecule has 1 aliphatic carbocycles. The van der Waals surface area contributed by atoms with Gasteiger partial charge in [0, 0.05) is 0 Å². The second-order valence-corrected chi connectivity index (χ2v) is 6.27. The van der Waals surface area contributed by atoms with E-state index in [-0.39, 0.29) is 0 Å². The molecule has 0 radical (unpaired) electrons. The van der Waals surface area contributed by atoms with Crippen molar-refractivity contribution in [2.75, 3.05) is 0 Å². The molecule has 0 saturated heterocycles. The van der Waals surface area contributed by atoms with Gasteiger partial charge in [0.25, 0.3) is 0 Å². The summed E-state index contributed by atoms with van der Waals surface area (Å²) in [6, 6.07) is 0. The Morgan fingerprint density at radius 2 is 0.933 bits per heavy atom. The molecule has 0 aromatic carbocycles. The van der Waals surface area contributed by atoms with E-state index in [1.54, 1.807) is 0 Å². The highest BCUT2D eigenvalue weighted by Crippen LogP contribution is 2.37. The molecule has 0 bridgehead atoms. The molecule has 0 spiro atoms. The molecule has 192 valence electrons. The van der Waals surface area contributed by atoms with Gasteiger partial charge < -0.3 is 0 Å². The second kappa shape index (κ2) is 79.2. The summed E-state index contributed by atoms with van der Waals surface area (Å²) in [4.78, 5) is 0. The van der Waals surface area contributed by atoms with Crippen molar-refractivity contribution in [2.45, 2.75) is 162 Å². The van der Waals surface area contributed by atoms with Gasteiger partial charge in [0.05, 0.1) is 0 Å². The molecular weight excluding hydrogens is 360 g/mol. The van der Waals surface area contributed by atoms with Crippen LogP contribution in [0.1, 0.15) is 162 Å². The normalized spacial score (nSPS) is 10.4. The van der Waals surface area contributed by atoms with Crippen molar-refractivity contribution in [1.29, 1.82) is 0 Å². The summed E-state index contributed by atoms with van der Waals surface area (Å²) in [7, 11) is 0. The molecule has 0 aromatic heterocycles. The molecule has 1 atom stereocenters. The molecule has 0 heteroatoms. The van der Waals surface area contributed by atoms with E-state index in [0.717, 1.165) is 11.8 Å². The Labute approximate surface area is 199 Å². The van der Waals surface area contributed by atoms with Gasteiger partial charge in [0.1, 0.15) is 0 Å². The maximum absolute atomic E-state index is 3.56. The van der Waals surface area contributed by atoms with Crippen LogP contribution in [0.5, 0.6) is 0 Å². The number of hydrogen-bond acceptors (Lipinski definition) is 0. The summed E-state index contributed by atoms with van der Waals surface area (Å²) in [6.45, 7) is 42.7. The number of allylic oxidation sites excluding steroid dienone is 1. The molecule has 0 N–H and O–H groups in total. The molecule has 1 saturated carbocycles. The fourth-order valence-electron chi connectivity index (χ4n) is 2.06. The average molecular weight is 433 g/mol. The molecule has 1 fully saturated rings. The Bertz CT molecular complexity index is 170. The van der Waals surface area contributed by atoms with Crippen LogP contribution < -0.4 is 0 Å². The van der Waals surface area contributed by atoms with Gasteiger partial charge in [-0.3, -0.25) is 0 Å². The molecule has 1 rings (SSSR count). The highest BCUT2D eigenvalue weighted by Gasteiger charge is 2.24. The van der Waals surface area contributed by atoms with Crippen LogP contribution in [-0.4, -0.2) is 0 Å². The van der Waals surface area contributed by atoms with Crippen LogP contribution in [0, 0.1) is 11.8 Å². The van der Waals surface area contributed by atoms with E-state index in [0.29, 0.717) is 0 Å². The lowest BCUT2D eigenvalue weighted by Gasteiger charge is -2.33. The first-order valence-electron chi connectivity index (χ1n) is 13.6. The minimum absolute atomic E-state index is 1.07.